The molecule has 14 heteroatoms. The van der Waals surface area contributed by atoms with Gasteiger partial charge in [0.2, 0.25) is 0 Å². The fourth-order valence-corrected chi connectivity index (χ4v) is 5.06. The van der Waals surface area contributed by atoms with Crippen molar-refractivity contribution in [2.75, 3.05) is 36.9 Å². The monoisotopic (exact) mass is 604 g/mol. The largest absolute Gasteiger partial charge is 0.453 e. The molecule has 0 radical (unpaired) electrons. The second kappa shape index (κ2) is 12.6. The third kappa shape index (κ3) is 6.10. The summed E-state index contributed by atoms with van der Waals surface area (Å²) in [6.45, 7) is 1.59. The van der Waals surface area contributed by atoms with Crippen LogP contribution in [0.3, 0.4) is 0 Å². The highest BCUT2D eigenvalue weighted by Gasteiger charge is 2.22. The molecule has 44 heavy (non-hydrogen) atoms. The average molecular weight is 605 g/mol. The maximum absolute atomic E-state index is 15.2. The van der Waals surface area contributed by atoms with Crippen LogP contribution in [0.4, 0.5) is 24.7 Å². The normalized spacial score (nSPS) is 14.1. The van der Waals surface area contributed by atoms with Crippen LogP contribution in [-0.4, -0.2) is 68.1 Å². The van der Waals surface area contributed by atoms with E-state index in [1.165, 1.54) is 54.9 Å². The molecule has 0 unspecified atom stereocenters. The molecule has 2 aromatic carbocycles. The number of piperidine rings is 1. The lowest BCUT2D eigenvalue weighted by Gasteiger charge is -2.31. The Hall–Kier alpha value is -5.24. The molecular weight excluding hydrogens is 577 g/mol. The number of rotatable bonds is 9. The number of aromatic amines is 1. The molecule has 0 atom stereocenters. The Balaban J connectivity index is 1.17. The molecule has 4 heterocycles. The molecule has 1 fully saturated rings. The number of pyridine rings is 1. The highest BCUT2D eigenvalue weighted by Crippen LogP contribution is 2.35. The van der Waals surface area contributed by atoms with Gasteiger partial charge in [-0.05, 0) is 55.3 Å². The van der Waals surface area contributed by atoms with Gasteiger partial charge in [-0.25, -0.2) is 18.2 Å². The summed E-state index contributed by atoms with van der Waals surface area (Å²) in [6.07, 6.45) is 4.40. The Bertz CT molecular complexity index is 1850. The molecule has 0 bridgehead atoms. The average Bonchev–Trinajstić information content (AvgIpc) is 3.44. The zero-order valence-electron chi connectivity index (χ0n) is 23.3. The number of hydrogen-bond acceptors (Lipinski definition) is 8. The molecule has 0 spiro atoms. The molecule has 6 rings (SSSR count). The van der Waals surface area contributed by atoms with E-state index in [9.17, 15) is 18.4 Å². The predicted octanol–water partition coefficient (Wildman–Crippen LogP) is 4.67. The van der Waals surface area contributed by atoms with Crippen LogP contribution in [0.25, 0.3) is 16.7 Å². The first-order valence-electron chi connectivity index (χ1n) is 13.9. The Morgan fingerprint density at radius 3 is 2.57 bits per heavy atom. The summed E-state index contributed by atoms with van der Waals surface area (Å²) in [5.41, 5.74) is -0.147. The van der Waals surface area contributed by atoms with Gasteiger partial charge in [-0.1, -0.05) is 0 Å². The zero-order valence-corrected chi connectivity index (χ0v) is 23.3. The lowest BCUT2D eigenvalue weighted by molar-refractivity contribution is 0.102. The van der Waals surface area contributed by atoms with E-state index in [1.807, 2.05) is 0 Å². The van der Waals surface area contributed by atoms with E-state index in [-0.39, 0.29) is 35.4 Å². The van der Waals surface area contributed by atoms with Crippen LogP contribution in [0, 0.1) is 11.6 Å². The van der Waals surface area contributed by atoms with Gasteiger partial charge in [0.25, 0.3) is 11.5 Å². The number of halogens is 3. The number of nitrogens with one attached hydrogen (secondary N) is 3. The zero-order chi connectivity index (χ0) is 30.6. The van der Waals surface area contributed by atoms with Gasteiger partial charge in [0.05, 0.1) is 5.69 Å². The van der Waals surface area contributed by atoms with Gasteiger partial charge in [-0.2, -0.15) is 14.9 Å². The number of amides is 1. The Kier molecular flexibility index (Phi) is 8.23. The van der Waals surface area contributed by atoms with E-state index in [0.29, 0.717) is 29.1 Å². The number of carbonyl (C=O) groups is 1. The van der Waals surface area contributed by atoms with Crippen LogP contribution in [0.15, 0.2) is 71.8 Å². The minimum absolute atomic E-state index is 0.0917. The fourth-order valence-electron chi connectivity index (χ4n) is 5.06. The van der Waals surface area contributed by atoms with Gasteiger partial charge in [0, 0.05) is 55.9 Å². The molecule has 1 amide bonds. The highest BCUT2D eigenvalue weighted by atomic mass is 19.1. The third-order valence-electron chi connectivity index (χ3n) is 7.32. The SMILES string of the molecule is O=C(Nc1ccc(Oc2ccnc3[nH]nc(NC4CCN(CCF)CC4)c23)c(F)c1)c1ccnn(-c2ccc(F)cc2)c1=O. The smallest absolute Gasteiger partial charge is 0.284 e. The fraction of sp³-hybridized carbons (Fsp3) is 0.233. The lowest BCUT2D eigenvalue weighted by Crippen LogP contribution is -2.40. The molecular formula is C30H27F3N8O3. The van der Waals surface area contributed by atoms with E-state index in [4.69, 9.17) is 4.74 Å². The van der Waals surface area contributed by atoms with E-state index in [1.54, 1.807) is 6.07 Å². The van der Waals surface area contributed by atoms with Crippen LogP contribution in [0.2, 0.25) is 0 Å². The van der Waals surface area contributed by atoms with Crippen molar-refractivity contribution >= 4 is 28.4 Å². The number of aromatic nitrogens is 5. The van der Waals surface area contributed by atoms with Gasteiger partial charge in [-0.15, -0.1) is 0 Å². The Labute approximate surface area is 248 Å². The lowest BCUT2D eigenvalue weighted by atomic mass is 10.1. The maximum Gasteiger partial charge on any atom is 0.284 e. The number of anilines is 2. The van der Waals surface area contributed by atoms with Gasteiger partial charge >= 0.3 is 0 Å². The molecule has 0 saturated carbocycles. The van der Waals surface area contributed by atoms with Crippen molar-refractivity contribution in [3.05, 3.63) is 94.5 Å². The van der Waals surface area contributed by atoms with Crippen LogP contribution < -0.4 is 20.9 Å². The minimum atomic E-state index is -0.776. The first-order valence-corrected chi connectivity index (χ1v) is 13.9. The summed E-state index contributed by atoms with van der Waals surface area (Å²) in [4.78, 5) is 32.2. The van der Waals surface area contributed by atoms with Crippen molar-refractivity contribution < 1.29 is 22.7 Å². The second-order valence-electron chi connectivity index (χ2n) is 10.2. The van der Waals surface area contributed by atoms with Crippen molar-refractivity contribution in [2.45, 2.75) is 18.9 Å². The third-order valence-corrected chi connectivity index (χ3v) is 7.32. The number of hydrogen-bond donors (Lipinski definition) is 3. The van der Waals surface area contributed by atoms with Crippen LogP contribution in [0.5, 0.6) is 11.5 Å². The summed E-state index contributed by atoms with van der Waals surface area (Å²) in [5, 5.41) is 17.6. The predicted molar refractivity (Wildman–Crippen MR) is 157 cm³/mol. The molecule has 1 aliphatic heterocycles. The highest BCUT2D eigenvalue weighted by molar-refractivity contribution is 6.04. The Morgan fingerprint density at radius 2 is 1.82 bits per heavy atom. The van der Waals surface area contributed by atoms with Gasteiger partial charge in [-0.3, -0.25) is 14.7 Å². The van der Waals surface area contributed by atoms with Crippen molar-refractivity contribution in [1.29, 1.82) is 0 Å². The molecule has 1 saturated heterocycles. The van der Waals surface area contributed by atoms with E-state index in [0.717, 1.165) is 36.7 Å². The first kappa shape index (κ1) is 28.9. The van der Waals surface area contributed by atoms with Crippen LogP contribution in [-0.2, 0) is 0 Å². The summed E-state index contributed by atoms with van der Waals surface area (Å²) in [7, 11) is 0. The molecule has 0 aliphatic carbocycles. The Morgan fingerprint density at radius 1 is 1.02 bits per heavy atom. The number of benzene rings is 2. The molecule has 5 aromatic rings. The molecule has 3 aromatic heterocycles. The van der Waals surface area contributed by atoms with Crippen LogP contribution >= 0.6 is 0 Å². The number of H-pyrrole nitrogens is 1. The number of ether oxygens (including phenoxy) is 1. The summed E-state index contributed by atoms with van der Waals surface area (Å²) >= 11 is 0. The number of likely N-dealkylation sites (tertiary alicyclic amines) is 1. The quantitative estimate of drug-likeness (QED) is 0.221. The topological polar surface area (TPSA) is 130 Å². The van der Waals surface area contributed by atoms with Crippen LogP contribution in [0.1, 0.15) is 23.2 Å². The number of nitrogens with zero attached hydrogens (tertiary/aromatic N) is 5. The van der Waals surface area contributed by atoms with Gasteiger partial charge in [0.1, 0.15) is 29.2 Å². The van der Waals surface area contributed by atoms with E-state index >= 15 is 4.39 Å². The molecule has 226 valence electrons. The van der Waals surface area contributed by atoms with Crippen molar-refractivity contribution in [3.8, 4) is 17.2 Å². The second-order valence-corrected chi connectivity index (χ2v) is 10.2. The van der Waals surface area contributed by atoms with E-state index in [2.05, 4.69) is 35.8 Å². The number of fused-ring (bicyclic) bond motifs is 1. The summed E-state index contributed by atoms with van der Waals surface area (Å²) in [6, 6.07) is 11.9. The summed E-state index contributed by atoms with van der Waals surface area (Å²) in [5.74, 6) is -1.30. The van der Waals surface area contributed by atoms with Gasteiger partial charge in [0.15, 0.2) is 23.0 Å². The molecule has 1 aliphatic rings. The minimum Gasteiger partial charge on any atom is -0.453 e. The van der Waals surface area contributed by atoms with E-state index < -0.39 is 23.1 Å². The van der Waals surface area contributed by atoms with Gasteiger partial charge < -0.3 is 20.3 Å². The van der Waals surface area contributed by atoms with Crippen molar-refractivity contribution in [3.63, 3.8) is 0 Å². The van der Waals surface area contributed by atoms with Crippen molar-refractivity contribution in [1.82, 2.24) is 29.9 Å². The first-order chi connectivity index (χ1) is 21.4. The van der Waals surface area contributed by atoms with Crippen molar-refractivity contribution in [2.24, 2.45) is 0 Å². The molecule has 3 N–H and O–H groups in total. The standard InChI is InChI=1S/C30H27F3N8O3/c31-11-16-40-14-9-19(10-15-40)36-28-26-25(8-12-34-27(26)38-39-28)44-24-6-3-20(17-23(24)33)37-29(42)22-7-13-35-41(30(22)43)21-4-1-18(32)2-5-21/h1-8,12-13,17,19H,9-11,14-16H2,(H,37,42)(H2,34,36,38,39). The molecule has 11 nitrogen and oxygen atoms in total. The summed E-state index contributed by atoms with van der Waals surface area (Å²) < 4.78 is 48.1. The number of carbonyl (C=O) groups excluding carboxylic acids is 1. The number of alkyl halides is 1. The maximum atomic E-state index is 15.2.